The second kappa shape index (κ2) is 8.63. The number of aryl methyl sites for hydroxylation is 1. The third-order valence-corrected chi connectivity index (χ3v) is 7.32. The van der Waals surface area contributed by atoms with Crippen molar-refractivity contribution in [1.29, 1.82) is 0 Å². The third-order valence-electron chi connectivity index (χ3n) is 5.57. The molecular weight excluding hydrogens is 404 g/mol. The lowest BCUT2D eigenvalue weighted by molar-refractivity contribution is -0.141. The van der Waals surface area contributed by atoms with E-state index >= 15 is 0 Å². The molecule has 3 rings (SSSR count). The van der Waals surface area contributed by atoms with E-state index in [0.717, 1.165) is 17.1 Å². The molecule has 1 fully saturated rings. The highest BCUT2D eigenvalue weighted by atomic mass is 32.2. The summed E-state index contributed by atoms with van der Waals surface area (Å²) >= 11 is 0. The van der Waals surface area contributed by atoms with Crippen LogP contribution in [0.5, 0.6) is 0 Å². The highest BCUT2D eigenvalue weighted by Crippen LogP contribution is 2.23. The van der Waals surface area contributed by atoms with Crippen molar-refractivity contribution in [3.05, 3.63) is 53.3 Å². The predicted molar refractivity (Wildman–Crippen MR) is 115 cm³/mol. The molecule has 30 heavy (non-hydrogen) atoms. The van der Waals surface area contributed by atoms with E-state index in [-0.39, 0.29) is 23.5 Å². The van der Waals surface area contributed by atoms with Gasteiger partial charge in [0.05, 0.1) is 17.1 Å². The SMILES string of the molecule is CCN(C(=O)[C@H](C)OC(=O)c1cc(C)n(-c2ccccc2)c1C)[C@@H]1CCS(=O)(=O)C1. The van der Waals surface area contributed by atoms with Crippen molar-refractivity contribution in [1.82, 2.24) is 9.47 Å². The van der Waals surface area contributed by atoms with Gasteiger partial charge in [0.1, 0.15) is 0 Å². The largest absolute Gasteiger partial charge is 0.449 e. The van der Waals surface area contributed by atoms with Gasteiger partial charge in [-0.05, 0) is 52.3 Å². The molecular formula is C22H28N2O5S. The van der Waals surface area contributed by atoms with Crippen molar-refractivity contribution >= 4 is 21.7 Å². The lowest BCUT2D eigenvalue weighted by Gasteiger charge is -2.29. The van der Waals surface area contributed by atoms with Crippen molar-refractivity contribution in [2.75, 3.05) is 18.1 Å². The van der Waals surface area contributed by atoms with Crippen LogP contribution < -0.4 is 0 Å². The minimum atomic E-state index is -3.11. The molecule has 1 saturated heterocycles. The molecule has 1 aromatic carbocycles. The Morgan fingerprint density at radius 3 is 2.47 bits per heavy atom. The first-order valence-electron chi connectivity index (χ1n) is 10.1. The number of amides is 1. The second-order valence-corrected chi connectivity index (χ2v) is 9.91. The number of hydrogen-bond acceptors (Lipinski definition) is 5. The summed E-state index contributed by atoms with van der Waals surface area (Å²) in [5.74, 6) is -0.891. The average molecular weight is 433 g/mol. The van der Waals surface area contributed by atoms with Crippen molar-refractivity contribution in [3.8, 4) is 5.69 Å². The molecule has 0 radical (unpaired) electrons. The first kappa shape index (κ1) is 22.1. The fraction of sp³-hybridized carbons (Fsp3) is 0.455. The van der Waals surface area contributed by atoms with Gasteiger partial charge < -0.3 is 14.2 Å². The fourth-order valence-electron chi connectivity index (χ4n) is 4.07. The van der Waals surface area contributed by atoms with E-state index in [9.17, 15) is 18.0 Å². The summed E-state index contributed by atoms with van der Waals surface area (Å²) in [5, 5.41) is 0. The smallest absolute Gasteiger partial charge is 0.340 e. The van der Waals surface area contributed by atoms with Crippen molar-refractivity contribution in [2.24, 2.45) is 0 Å². The van der Waals surface area contributed by atoms with Crippen molar-refractivity contribution in [2.45, 2.75) is 46.3 Å². The van der Waals surface area contributed by atoms with E-state index < -0.39 is 21.9 Å². The quantitative estimate of drug-likeness (QED) is 0.655. The topological polar surface area (TPSA) is 85.7 Å². The minimum absolute atomic E-state index is 0.0362. The molecule has 0 spiro atoms. The molecule has 1 amide bonds. The maximum atomic E-state index is 12.9. The van der Waals surface area contributed by atoms with Crippen molar-refractivity contribution < 1.29 is 22.7 Å². The van der Waals surface area contributed by atoms with E-state index in [1.807, 2.05) is 48.7 Å². The molecule has 8 heteroatoms. The molecule has 2 atom stereocenters. The first-order chi connectivity index (χ1) is 14.1. The number of benzene rings is 1. The minimum Gasteiger partial charge on any atom is -0.449 e. The Hall–Kier alpha value is -2.61. The van der Waals surface area contributed by atoms with Crippen LogP contribution in [0.1, 0.15) is 42.0 Å². The van der Waals surface area contributed by atoms with E-state index in [1.165, 1.54) is 11.8 Å². The van der Waals surface area contributed by atoms with Gasteiger partial charge in [-0.15, -0.1) is 0 Å². The molecule has 0 aliphatic carbocycles. The van der Waals surface area contributed by atoms with Crippen LogP contribution in [0.15, 0.2) is 36.4 Å². The number of carbonyl (C=O) groups is 2. The summed E-state index contributed by atoms with van der Waals surface area (Å²) in [4.78, 5) is 27.2. The average Bonchev–Trinajstić information content (AvgIpc) is 3.21. The van der Waals surface area contributed by atoms with Crippen LogP contribution in [0.4, 0.5) is 0 Å². The Labute approximate surface area is 177 Å². The number of hydrogen-bond donors (Lipinski definition) is 0. The van der Waals surface area contributed by atoms with Crippen LogP contribution in [-0.2, 0) is 19.4 Å². The number of sulfone groups is 1. The molecule has 0 saturated carbocycles. The lowest BCUT2D eigenvalue weighted by atomic mass is 10.2. The Morgan fingerprint density at radius 1 is 1.23 bits per heavy atom. The molecule has 162 valence electrons. The van der Waals surface area contributed by atoms with Crippen LogP contribution in [0.3, 0.4) is 0 Å². The van der Waals surface area contributed by atoms with E-state index in [0.29, 0.717) is 18.5 Å². The second-order valence-electron chi connectivity index (χ2n) is 7.68. The van der Waals surface area contributed by atoms with Crippen LogP contribution in [0.25, 0.3) is 5.69 Å². The molecule has 1 aliphatic rings. The van der Waals surface area contributed by atoms with Gasteiger partial charge in [0.25, 0.3) is 5.91 Å². The summed E-state index contributed by atoms with van der Waals surface area (Å²) in [5.41, 5.74) is 2.96. The zero-order valence-electron chi connectivity index (χ0n) is 17.8. The summed E-state index contributed by atoms with van der Waals surface area (Å²) in [6, 6.07) is 11.1. The van der Waals surface area contributed by atoms with E-state index in [1.54, 1.807) is 13.0 Å². The van der Waals surface area contributed by atoms with Gasteiger partial charge in [-0.3, -0.25) is 4.79 Å². The van der Waals surface area contributed by atoms with Crippen LogP contribution in [0.2, 0.25) is 0 Å². The maximum absolute atomic E-state index is 12.9. The Kier molecular flexibility index (Phi) is 6.36. The number of rotatable bonds is 6. The molecule has 0 bridgehead atoms. The zero-order valence-corrected chi connectivity index (χ0v) is 18.6. The highest BCUT2D eigenvalue weighted by molar-refractivity contribution is 7.91. The number of aromatic nitrogens is 1. The summed E-state index contributed by atoms with van der Waals surface area (Å²) in [7, 11) is -3.11. The number of likely N-dealkylation sites (N-methyl/N-ethyl adjacent to an activating group) is 1. The molecule has 2 aromatic rings. The molecule has 0 N–H and O–H groups in total. The number of esters is 1. The lowest BCUT2D eigenvalue weighted by Crippen LogP contribution is -2.46. The monoisotopic (exact) mass is 432 g/mol. The van der Waals surface area contributed by atoms with Gasteiger partial charge in [-0.25, -0.2) is 13.2 Å². The number of ether oxygens (including phenoxy) is 1. The molecule has 0 unspecified atom stereocenters. The van der Waals surface area contributed by atoms with Gasteiger partial charge in [-0.1, -0.05) is 18.2 Å². The fourth-order valence-corrected chi connectivity index (χ4v) is 5.80. The molecule has 2 heterocycles. The van der Waals surface area contributed by atoms with E-state index in [2.05, 4.69) is 0 Å². The van der Waals surface area contributed by atoms with Gasteiger partial charge in [0, 0.05) is 29.7 Å². The maximum Gasteiger partial charge on any atom is 0.340 e. The van der Waals surface area contributed by atoms with Gasteiger partial charge in [0.2, 0.25) is 0 Å². The van der Waals surface area contributed by atoms with Crippen LogP contribution >= 0.6 is 0 Å². The first-order valence-corrected chi connectivity index (χ1v) is 11.9. The van der Waals surface area contributed by atoms with Crippen LogP contribution in [0, 0.1) is 13.8 Å². The number of para-hydroxylation sites is 1. The number of nitrogens with zero attached hydrogens (tertiary/aromatic N) is 2. The number of carbonyl (C=O) groups excluding carboxylic acids is 2. The predicted octanol–water partition coefficient (Wildman–Crippen LogP) is 2.68. The van der Waals surface area contributed by atoms with Gasteiger partial charge in [0.15, 0.2) is 15.9 Å². The highest BCUT2D eigenvalue weighted by Gasteiger charge is 2.36. The standard InChI is InChI=1S/C22H28N2O5S/c1-5-23(19-11-12-30(27,28)14-19)21(25)17(4)29-22(26)20-13-15(2)24(16(20)3)18-9-7-6-8-10-18/h6-10,13,17,19H,5,11-12,14H2,1-4H3/t17-,19+/m0/s1. The third kappa shape index (κ3) is 4.43. The van der Waals surface area contributed by atoms with Gasteiger partial charge >= 0.3 is 5.97 Å². The van der Waals surface area contributed by atoms with Crippen molar-refractivity contribution in [3.63, 3.8) is 0 Å². The van der Waals surface area contributed by atoms with Crippen LogP contribution in [-0.4, -0.2) is 60.0 Å². The van der Waals surface area contributed by atoms with E-state index in [4.69, 9.17) is 4.74 Å². The Balaban J connectivity index is 1.75. The summed E-state index contributed by atoms with van der Waals surface area (Å²) in [6.45, 7) is 7.44. The molecule has 1 aliphatic heterocycles. The molecule has 1 aromatic heterocycles. The summed E-state index contributed by atoms with van der Waals surface area (Å²) < 4.78 is 31.0. The van der Waals surface area contributed by atoms with Gasteiger partial charge in [-0.2, -0.15) is 0 Å². The zero-order chi connectivity index (χ0) is 22.1. The Morgan fingerprint density at radius 2 is 1.90 bits per heavy atom. The normalized spacial score (nSPS) is 18.7. The summed E-state index contributed by atoms with van der Waals surface area (Å²) in [6.07, 6.45) is -0.582. The molecule has 7 nitrogen and oxygen atoms in total. The Bertz CT molecular complexity index is 1040.